The van der Waals surface area contributed by atoms with Gasteiger partial charge < -0.3 is 10.8 Å². The summed E-state index contributed by atoms with van der Waals surface area (Å²) in [7, 11) is 0. The maximum atomic E-state index is 12.5. The first-order valence-corrected chi connectivity index (χ1v) is 5.35. The van der Waals surface area contributed by atoms with Gasteiger partial charge in [-0.2, -0.15) is 13.2 Å². The van der Waals surface area contributed by atoms with Gasteiger partial charge in [0.1, 0.15) is 5.75 Å². The van der Waals surface area contributed by atoms with E-state index in [2.05, 4.69) is 15.9 Å². The van der Waals surface area contributed by atoms with Crippen LogP contribution in [0.1, 0.15) is 18.1 Å². The van der Waals surface area contributed by atoms with Gasteiger partial charge in [-0.3, -0.25) is 0 Å². The van der Waals surface area contributed by atoms with Crippen LogP contribution in [0.2, 0.25) is 0 Å². The number of alkyl halides is 3. The van der Waals surface area contributed by atoms with Crippen LogP contribution < -0.4 is 5.73 Å². The fraction of sp³-hybridized carbons (Fsp3) is 0.400. The Bertz CT molecular complexity index is 390. The molecule has 6 heteroatoms. The Labute approximate surface area is 99.4 Å². The summed E-state index contributed by atoms with van der Waals surface area (Å²) in [4.78, 5) is 0. The van der Waals surface area contributed by atoms with Crippen LogP contribution in [-0.4, -0.2) is 11.1 Å². The lowest BCUT2D eigenvalue weighted by Crippen LogP contribution is -2.18. The maximum absolute atomic E-state index is 12.5. The highest BCUT2D eigenvalue weighted by Gasteiger charge is 2.35. The van der Waals surface area contributed by atoms with Crippen molar-refractivity contribution < 1.29 is 18.3 Å². The molecule has 1 atom stereocenters. The highest BCUT2D eigenvalue weighted by atomic mass is 79.9. The minimum atomic E-state index is -4.57. The van der Waals surface area contributed by atoms with Crippen molar-refractivity contribution in [3.8, 4) is 5.75 Å². The molecule has 0 heterocycles. The smallest absolute Gasteiger partial charge is 0.420 e. The van der Waals surface area contributed by atoms with Crippen LogP contribution in [0.25, 0.3) is 0 Å². The Morgan fingerprint density at radius 3 is 2.44 bits per heavy atom. The number of phenols is 1. The van der Waals surface area contributed by atoms with E-state index in [-0.39, 0.29) is 22.5 Å². The zero-order chi connectivity index (χ0) is 12.5. The number of halogens is 4. The van der Waals surface area contributed by atoms with Crippen molar-refractivity contribution in [2.45, 2.75) is 25.6 Å². The van der Waals surface area contributed by atoms with E-state index in [1.165, 1.54) is 6.07 Å². The molecule has 1 rings (SSSR count). The number of benzene rings is 1. The quantitative estimate of drug-likeness (QED) is 0.881. The molecule has 90 valence electrons. The van der Waals surface area contributed by atoms with E-state index in [4.69, 9.17) is 5.73 Å². The van der Waals surface area contributed by atoms with E-state index in [1.54, 1.807) is 6.92 Å². The summed E-state index contributed by atoms with van der Waals surface area (Å²) in [6.07, 6.45) is -4.38. The second-order valence-corrected chi connectivity index (χ2v) is 4.56. The van der Waals surface area contributed by atoms with Crippen LogP contribution >= 0.6 is 15.9 Å². The van der Waals surface area contributed by atoms with Crippen molar-refractivity contribution in [1.29, 1.82) is 0 Å². The Morgan fingerprint density at radius 2 is 2.00 bits per heavy atom. The van der Waals surface area contributed by atoms with Crippen LogP contribution in [0, 0.1) is 0 Å². The highest BCUT2D eigenvalue weighted by Crippen LogP contribution is 2.39. The van der Waals surface area contributed by atoms with Gasteiger partial charge in [-0.1, -0.05) is 15.9 Å². The van der Waals surface area contributed by atoms with Gasteiger partial charge >= 0.3 is 6.18 Å². The molecule has 16 heavy (non-hydrogen) atoms. The first-order valence-electron chi connectivity index (χ1n) is 4.56. The first-order chi connectivity index (χ1) is 7.21. The summed E-state index contributed by atoms with van der Waals surface area (Å²) < 4.78 is 37.9. The van der Waals surface area contributed by atoms with Crippen LogP contribution in [0.5, 0.6) is 5.75 Å². The van der Waals surface area contributed by atoms with E-state index < -0.39 is 17.5 Å². The number of hydrogen-bond donors (Lipinski definition) is 2. The SMILES string of the molecule is CC(N)Cc1cc(Br)cc(C(F)(F)F)c1O. The van der Waals surface area contributed by atoms with Crippen LogP contribution in [0.4, 0.5) is 13.2 Å². The van der Waals surface area contributed by atoms with E-state index in [9.17, 15) is 18.3 Å². The molecule has 2 nitrogen and oxygen atoms in total. The summed E-state index contributed by atoms with van der Waals surface area (Å²) >= 11 is 2.98. The Kier molecular flexibility index (Phi) is 3.85. The third-order valence-corrected chi connectivity index (χ3v) is 2.46. The van der Waals surface area contributed by atoms with Gasteiger partial charge in [0.05, 0.1) is 5.56 Å². The zero-order valence-electron chi connectivity index (χ0n) is 8.48. The van der Waals surface area contributed by atoms with Crippen molar-refractivity contribution in [3.63, 3.8) is 0 Å². The van der Waals surface area contributed by atoms with Crippen LogP contribution in [0.3, 0.4) is 0 Å². The summed E-state index contributed by atoms with van der Waals surface area (Å²) in [5, 5.41) is 9.50. The van der Waals surface area contributed by atoms with Crippen LogP contribution in [0.15, 0.2) is 16.6 Å². The average molecular weight is 298 g/mol. The molecule has 0 amide bonds. The van der Waals surface area contributed by atoms with Gasteiger partial charge in [0, 0.05) is 10.5 Å². The van der Waals surface area contributed by atoms with E-state index >= 15 is 0 Å². The lowest BCUT2D eigenvalue weighted by Gasteiger charge is -2.14. The molecule has 0 spiro atoms. The first kappa shape index (κ1) is 13.3. The van der Waals surface area contributed by atoms with Crippen molar-refractivity contribution in [2.75, 3.05) is 0 Å². The predicted octanol–water partition coefficient (Wildman–Crippen LogP) is 3.06. The molecule has 1 aromatic carbocycles. The fourth-order valence-electron chi connectivity index (χ4n) is 1.37. The maximum Gasteiger partial charge on any atom is 0.420 e. The van der Waals surface area contributed by atoms with Gasteiger partial charge in [-0.05, 0) is 31.0 Å². The summed E-state index contributed by atoms with van der Waals surface area (Å²) in [6.45, 7) is 1.66. The predicted molar refractivity (Wildman–Crippen MR) is 58.2 cm³/mol. The van der Waals surface area contributed by atoms with E-state index in [0.717, 1.165) is 6.07 Å². The minimum Gasteiger partial charge on any atom is -0.507 e. The Morgan fingerprint density at radius 1 is 1.44 bits per heavy atom. The molecule has 0 aliphatic carbocycles. The molecule has 0 fully saturated rings. The summed E-state index contributed by atoms with van der Waals surface area (Å²) in [5.74, 6) is -0.743. The number of nitrogens with two attached hydrogens (primary N) is 1. The minimum absolute atomic E-state index is 0.189. The number of aromatic hydroxyl groups is 1. The van der Waals surface area contributed by atoms with Gasteiger partial charge in [-0.15, -0.1) is 0 Å². The zero-order valence-corrected chi connectivity index (χ0v) is 10.1. The third kappa shape index (κ3) is 3.12. The molecule has 1 aromatic rings. The Hall–Kier alpha value is -0.750. The van der Waals surface area contributed by atoms with Crippen molar-refractivity contribution >= 4 is 15.9 Å². The lowest BCUT2D eigenvalue weighted by molar-refractivity contribution is -0.138. The number of phenolic OH excluding ortho intramolecular Hbond substituents is 1. The van der Waals surface area contributed by atoms with Gasteiger partial charge in [-0.25, -0.2) is 0 Å². The number of hydrogen-bond acceptors (Lipinski definition) is 2. The van der Waals surface area contributed by atoms with Crippen molar-refractivity contribution in [1.82, 2.24) is 0 Å². The van der Waals surface area contributed by atoms with Gasteiger partial charge in [0.2, 0.25) is 0 Å². The second-order valence-electron chi connectivity index (χ2n) is 3.64. The largest absolute Gasteiger partial charge is 0.507 e. The molecular weight excluding hydrogens is 287 g/mol. The molecular formula is C10H11BrF3NO. The molecule has 0 saturated carbocycles. The molecule has 0 aliphatic rings. The molecule has 1 unspecified atom stereocenters. The summed E-state index contributed by atoms with van der Waals surface area (Å²) in [6, 6.07) is 1.97. The lowest BCUT2D eigenvalue weighted by atomic mass is 10.0. The molecule has 3 N–H and O–H groups in total. The highest BCUT2D eigenvalue weighted by molar-refractivity contribution is 9.10. The fourth-order valence-corrected chi connectivity index (χ4v) is 1.88. The normalized spacial score (nSPS) is 13.9. The monoisotopic (exact) mass is 297 g/mol. The summed E-state index contributed by atoms with van der Waals surface area (Å²) in [5.41, 5.74) is 4.64. The average Bonchev–Trinajstić information content (AvgIpc) is 2.07. The molecule has 0 radical (unpaired) electrons. The standard InChI is InChI=1S/C10H11BrF3NO/c1-5(15)2-6-3-7(11)4-8(9(6)16)10(12,13)14/h3-5,16H,2,15H2,1H3. The van der Waals surface area contributed by atoms with Gasteiger partial charge in [0.15, 0.2) is 0 Å². The van der Waals surface area contributed by atoms with E-state index in [1.807, 2.05) is 0 Å². The second kappa shape index (κ2) is 4.63. The molecule has 0 aliphatic heterocycles. The molecule has 0 aromatic heterocycles. The Balaban J connectivity index is 3.26. The van der Waals surface area contributed by atoms with Crippen LogP contribution in [-0.2, 0) is 12.6 Å². The van der Waals surface area contributed by atoms with Gasteiger partial charge in [0.25, 0.3) is 0 Å². The van der Waals surface area contributed by atoms with E-state index in [0.29, 0.717) is 0 Å². The third-order valence-electron chi connectivity index (χ3n) is 2.00. The van der Waals surface area contributed by atoms with Crippen molar-refractivity contribution in [3.05, 3.63) is 27.7 Å². The molecule has 0 saturated heterocycles. The van der Waals surface area contributed by atoms with Crippen molar-refractivity contribution in [2.24, 2.45) is 5.73 Å². The topological polar surface area (TPSA) is 46.2 Å². The number of rotatable bonds is 2. The molecule has 0 bridgehead atoms.